The standard InChI is InChI=1S/C15H28N2O.ClH/c1-12-5-4-6-13(9-12)10-15(18)17-8-3-2-7-14(17)11-16;/h12-14H,2-11,16H2,1H3;1H. The van der Waals surface area contributed by atoms with Crippen LogP contribution in [-0.2, 0) is 4.79 Å². The van der Waals surface area contributed by atoms with Gasteiger partial charge in [0.05, 0.1) is 0 Å². The molecular weight excluding hydrogens is 260 g/mol. The van der Waals surface area contributed by atoms with E-state index in [2.05, 4.69) is 11.8 Å². The summed E-state index contributed by atoms with van der Waals surface area (Å²) >= 11 is 0. The number of nitrogens with zero attached hydrogens (tertiary/aromatic N) is 1. The summed E-state index contributed by atoms with van der Waals surface area (Å²) < 4.78 is 0. The van der Waals surface area contributed by atoms with Crippen LogP contribution in [0.15, 0.2) is 0 Å². The Morgan fingerprint density at radius 1 is 1.21 bits per heavy atom. The fourth-order valence-corrected chi connectivity index (χ4v) is 3.68. The Bertz CT molecular complexity index is 285. The number of hydrogen-bond donors (Lipinski definition) is 1. The van der Waals surface area contributed by atoms with Gasteiger partial charge in [0.25, 0.3) is 0 Å². The second kappa shape index (κ2) is 8.11. The Morgan fingerprint density at radius 2 is 2.00 bits per heavy atom. The number of halogens is 1. The quantitative estimate of drug-likeness (QED) is 0.868. The van der Waals surface area contributed by atoms with E-state index >= 15 is 0 Å². The molecule has 2 aliphatic rings. The molecule has 3 unspecified atom stereocenters. The van der Waals surface area contributed by atoms with Crippen LogP contribution in [0.25, 0.3) is 0 Å². The highest BCUT2D eigenvalue weighted by Gasteiger charge is 2.28. The zero-order valence-electron chi connectivity index (χ0n) is 12.1. The summed E-state index contributed by atoms with van der Waals surface area (Å²) in [4.78, 5) is 14.5. The predicted octanol–water partition coefficient (Wildman–Crippen LogP) is 2.96. The first-order valence-electron chi connectivity index (χ1n) is 7.70. The van der Waals surface area contributed by atoms with E-state index in [9.17, 15) is 4.79 Å². The zero-order valence-corrected chi connectivity index (χ0v) is 13.0. The first kappa shape index (κ1) is 16.8. The number of nitrogens with two attached hydrogens (primary N) is 1. The van der Waals surface area contributed by atoms with Crippen LogP contribution in [0.4, 0.5) is 0 Å². The largest absolute Gasteiger partial charge is 0.338 e. The van der Waals surface area contributed by atoms with Crippen molar-refractivity contribution in [3.05, 3.63) is 0 Å². The van der Waals surface area contributed by atoms with Crippen molar-refractivity contribution in [3.8, 4) is 0 Å². The fraction of sp³-hybridized carbons (Fsp3) is 0.933. The minimum absolute atomic E-state index is 0. The van der Waals surface area contributed by atoms with Crippen LogP contribution in [0.2, 0.25) is 0 Å². The third kappa shape index (κ3) is 4.64. The van der Waals surface area contributed by atoms with Crippen molar-refractivity contribution in [2.45, 2.75) is 64.3 Å². The molecule has 0 radical (unpaired) electrons. The molecule has 3 nitrogen and oxygen atoms in total. The van der Waals surface area contributed by atoms with Gasteiger partial charge in [0.15, 0.2) is 0 Å². The summed E-state index contributed by atoms with van der Waals surface area (Å²) in [5.41, 5.74) is 5.79. The van der Waals surface area contributed by atoms with Crippen LogP contribution in [0.5, 0.6) is 0 Å². The first-order valence-corrected chi connectivity index (χ1v) is 7.70. The molecule has 0 aromatic heterocycles. The van der Waals surface area contributed by atoms with Gasteiger partial charge in [0, 0.05) is 25.6 Å². The van der Waals surface area contributed by atoms with Crippen molar-refractivity contribution in [3.63, 3.8) is 0 Å². The number of likely N-dealkylation sites (tertiary alicyclic amines) is 1. The van der Waals surface area contributed by atoms with Crippen molar-refractivity contribution in [2.75, 3.05) is 13.1 Å². The Hall–Kier alpha value is -0.280. The third-order valence-electron chi connectivity index (χ3n) is 4.73. The molecule has 4 heteroatoms. The molecule has 1 saturated carbocycles. The van der Waals surface area contributed by atoms with Gasteiger partial charge in [-0.2, -0.15) is 0 Å². The van der Waals surface area contributed by atoms with Gasteiger partial charge in [0.2, 0.25) is 5.91 Å². The normalized spacial score (nSPS) is 31.7. The molecule has 2 rings (SSSR count). The molecule has 0 spiro atoms. The number of amides is 1. The smallest absolute Gasteiger partial charge is 0.223 e. The van der Waals surface area contributed by atoms with E-state index in [-0.39, 0.29) is 12.4 Å². The van der Waals surface area contributed by atoms with Crippen LogP contribution in [0.3, 0.4) is 0 Å². The monoisotopic (exact) mass is 288 g/mol. The summed E-state index contributed by atoms with van der Waals surface area (Å²) in [7, 11) is 0. The fourth-order valence-electron chi connectivity index (χ4n) is 3.68. The number of piperidine rings is 1. The van der Waals surface area contributed by atoms with Crippen LogP contribution in [0, 0.1) is 11.8 Å². The summed E-state index contributed by atoms with van der Waals surface area (Å²) in [6, 6.07) is 0.312. The highest BCUT2D eigenvalue weighted by atomic mass is 35.5. The van der Waals surface area contributed by atoms with Gasteiger partial charge in [-0.15, -0.1) is 12.4 Å². The second-order valence-corrected chi connectivity index (χ2v) is 6.31. The zero-order chi connectivity index (χ0) is 13.0. The van der Waals surface area contributed by atoms with E-state index in [1.165, 1.54) is 32.1 Å². The average molecular weight is 289 g/mol. The van der Waals surface area contributed by atoms with Crippen molar-refractivity contribution in [2.24, 2.45) is 17.6 Å². The van der Waals surface area contributed by atoms with Crippen molar-refractivity contribution in [1.82, 2.24) is 4.90 Å². The predicted molar refractivity (Wildman–Crippen MR) is 81.4 cm³/mol. The molecule has 2 fully saturated rings. The van der Waals surface area contributed by atoms with E-state index in [0.29, 0.717) is 24.4 Å². The second-order valence-electron chi connectivity index (χ2n) is 6.31. The van der Waals surface area contributed by atoms with Gasteiger partial charge >= 0.3 is 0 Å². The summed E-state index contributed by atoms with van der Waals surface area (Å²) in [5.74, 6) is 1.80. The van der Waals surface area contributed by atoms with Gasteiger partial charge in [-0.05, 0) is 43.9 Å². The molecule has 1 amide bonds. The Kier molecular flexibility index (Phi) is 7.16. The van der Waals surface area contributed by atoms with Crippen molar-refractivity contribution in [1.29, 1.82) is 0 Å². The third-order valence-corrected chi connectivity index (χ3v) is 4.73. The topological polar surface area (TPSA) is 46.3 Å². The first-order chi connectivity index (χ1) is 8.70. The highest BCUT2D eigenvalue weighted by Crippen LogP contribution is 2.31. The SMILES string of the molecule is CC1CCCC(CC(=O)N2CCCCC2CN)C1.Cl. The van der Waals surface area contributed by atoms with E-state index in [1.54, 1.807) is 0 Å². The lowest BCUT2D eigenvalue weighted by molar-refractivity contribution is -0.136. The summed E-state index contributed by atoms with van der Waals surface area (Å²) in [6.45, 7) is 3.88. The number of hydrogen-bond acceptors (Lipinski definition) is 2. The summed E-state index contributed by atoms with van der Waals surface area (Å²) in [5, 5.41) is 0. The Morgan fingerprint density at radius 3 is 2.68 bits per heavy atom. The maximum Gasteiger partial charge on any atom is 0.223 e. The molecular formula is C15H29ClN2O. The molecule has 19 heavy (non-hydrogen) atoms. The molecule has 0 bridgehead atoms. The molecule has 1 saturated heterocycles. The number of rotatable bonds is 3. The molecule has 1 heterocycles. The highest BCUT2D eigenvalue weighted by molar-refractivity contribution is 5.85. The molecule has 3 atom stereocenters. The van der Waals surface area contributed by atoms with E-state index in [0.717, 1.165) is 31.7 Å². The molecule has 0 aromatic rings. The van der Waals surface area contributed by atoms with Crippen molar-refractivity contribution >= 4 is 18.3 Å². The average Bonchev–Trinajstić information content (AvgIpc) is 2.38. The van der Waals surface area contributed by atoms with Crippen LogP contribution >= 0.6 is 12.4 Å². The number of carbonyl (C=O) groups excluding carboxylic acids is 1. The maximum absolute atomic E-state index is 12.4. The molecule has 112 valence electrons. The van der Waals surface area contributed by atoms with Gasteiger partial charge in [-0.3, -0.25) is 4.79 Å². The van der Waals surface area contributed by atoms with E-state index in [4.69, 9.17) is 5.73 Å². The van der Waals surface area contributed by atoms with E-state index in [1.807, 2.05) is 0 Å². The molecule has 1 aliphatic heterocycles. The lowest BCUT2D eigenvalue weighted by Crippen LogP contribution is -2.48. The van der Waals surface area contributed by atoms with Crippen LogP contribution in [0.1, 0.15) is 58.3 Å². The Labute approximate surface area is 123 Å². The maximum atomic E-state index is 12.4. The Balaban J connectivity index is 0.00000180. The van der Waals surface area contributed by atoms with E-state index < -0.39 is 0 Å². The van der Waals surface area contributed by atoms with Gasteiger partial charge in [-0.1, -0.05) is 19.8 Å². The lowest BCUT2D eigenvalue weighted by Gasteiger charge is -2.36. The molecule has 1 aliphatic carbocycles. The van der Waals surface area contributed by atoms with Gasteiger partial charge < -0.3 is 10.6 Å². The minimum Gasteiger partial charge on any atom is -0.338 e. The van der Waals surface area contributed by atoms with Crippen LogP contribution in [-0.4, -0.2) is 29.9 Å². The van der Waals surface area contributed by atoms with Crippen molar-refractivity contribution < 1.29 is 4.79 Å². The summed E-state index contributed by atoms with van der Waals surface area (Å²) in [6.07, 6.45) is 9.39. The lowest BCUT2D eigenvalue weighted by atomic mass is 9.80. The minimum atomic E-state index is 0. The van der Waals surface area contributed by atoms with Crippen LogP contribution < -0.4 is 5.73 Å². The molecule has 0 aromatic carbocycles. The van der Waals surface area contributed by atoms with Gasteiger partial charge in [-0.25, -0.2) is 0 Å². The van der Waals surface area contributed by atoms with Gasteiger partial charge in [0.1, 0.15) is 0 Å². The molecule has 2 N–H and O–H groups in total. The number of carbonyl (C=O) groups is 1.